The number of benzene rings is 1. The van der Waals surface area contributed by atoms with Crippen molar-refractivity contribution in [1.29, 1.82) is 0 Å². The summed E-state index contributed by atoms with van der Waals surface area (Å²) in [7, 11) is -0.967. The van der Waals surface area contributed by atoms with Crippen LogP contribution in [0.5, 0.6) is 0 Å². The number of halogens is 2. The van der Waals surface area contributed by atoms with Crippen molar-refractivity contribution in [2.75, 3.05) is 23.5 Å². The van der Waals surface area contributed by atoms with Crippen molar-refractivity contribution >= 4 is 38.7 Å². The smallest absolute Gasteiger partial charge is 0.152 e. The summed E-state index contributed by atoms with van der Waals surface area (Å²) in [6, 6.07) is 5.68. The van der Waals surface area contributed by atoms with E-state index in [2.05, 4.69) is 0 Å². The molecule has 1 heterocycles. The monoisotopic (exact) mass is 307 g/mol. The van der Waals surface area contributed by atoms with Crippen LogP contribution in [0.2, 0.25) is 5.02 Å². The Balaban J connectivity index is 2.19. The molecule has 1 aromatic rings. The largest absolute Gasteiger partial charge is 0.371 e. The fraction of sp³-hybridized carbons (Fsp3) is 0.500. The molecule has 1 fully saturated rings. The fourth-order valence-electron chi connectivity index (χ4n) is 2.16. The number of hydrogen-bond donors (Lipinski definition) is 0. The van der Waals surface area contributed by atoms with Crippen LogP contribution in [-0.2, 0) is 15.7 Å². The molecule has 0 aromatic heterocycles. The molecule has 100 valence electrons. The first-order valence-electron chi connectivity index (χ1n) is 5.70. The number of nitrogens with zero attached hydrogens (tertiary/aromatic N) is 1. The highest BCUT2D eigenvalue weighted by atomic mass is 35.5. The summed E-state index contributed by atoms with van der Waals surface area (Å²) in [6.45, 7) is 0. The first-order valence-corrected chi connectivity index (χ1v) is 8.44. The summed E-state index contributed by atoms with van der Waals surface area (Å²) in [5.74, 6) is 0.870. The minimum absolute atomic E-state index is 0.0351. The van der Waals surface area contributed by atoms with Crippen LogP contribution >= 0.6 is 23.2 Å². The average molecular weight is 308 g/mol. The molecule has 1 atom stereocenters. The zero-order valence-electron chi connectivity index (χ0n) is 10.1. The Kier molecular flexibility index (Phi) is 4.09. The van der Waals surface area contributed by atoms with Gasteiger partial charge in [0.05, 0.1) is 11.5 Å². The highest BCUT2D eigenvalue weighted by molar-refractivity contribution is 7.91. The molecule has 2 rings (SSSR count). The molecule has 1 aliphatic rings. The van der Waals surface area contributed by atoms with Crippen molar-refractivity contribution < 1.29 is 8.42 Å². The molecule has 6 heteroatoms. The molecular weight excluding hydrogens is 293 g/mol. The summed E-state index contributed by atoms with van der Waals surface area (Å²) in [5, 5.41) is 0.621. The van der Waals surface area contributed by atoms with Gasteiger partial charge in [0.15, 0.2) is 9.84 Å². The van der Waals surface area contributed by atoms with Gasteiger partial charge in [-0.1, -0.05) is 17.7 Å². The van der Waals surface area contributed by atoms with Crippen LogP contribution in [0.15, 0.2) is 18.2 Å². The Morgan fingerprint density at radius 3 is 2.67 bits per heavy atom. The van der Waals surface area contributed by atoms with E-state index in [1.54, 1.807) is 0 Å². The van der Waals surface area contributed by atoms with Crippen molar-refractivity contribution in [2.24, 2.45) is 0 Å². The van der Waals surface area contributed by atoms with Crippen LogP contribution < -0.4 is 4.90 Å². The third-order valence-corrected chi connectivity index (χ3v) is 5.73. The molecule has 0 aliphatic carbocycles. The molecule has 3 nitrogen and oxygen atoms in total. The van der Waals surface area contributed by atoms with Crippen LogP contribution in [-0.4, -0.2) is 33.0 Å². The van der Waals surface area contributed by atoms with E-state index in [1.807, 2.05) is 30.1 Å². The van der Waals surface area contributed by atoms with E-state index in [0.717, 1.165) is 11.3 Å². The van der Waals surface area contributed by atoms with Crippen LogP contribution in [0, 0.1) is 0 Å². The quantitative estimate of drug-likeness (QED) is 0.806. The predicted octanol–water partition coefficient (Wildman–Crippen LogP) is 2.70. The molecule has 0 radical (unpaired) electrons. The van der Waals surface area contributed by atoms with Gasteiger partial charge in [0.2, 0.25) is 0 Å². The second-order valence-corrected chi connectivity index (χ2v) is 7.48. The summed E-state index contributed by atoms with van der Waals surface area (Å²) < 4.78 is 22.9. The Labute approximate surface area is 118 Å². The molecule has 1 aliphatic heterocycles. The van der Waals surface area contributed by atoms with Gasteiger partial charge in [-0.05, 0) is 24.1 Å². The van der Waals surface area contributed by atoms with Crippen molar-refractivity contribution in [3.8, 4) is 0 Å². The van der Waals surface area contributed by atoms with E-state index >= 15 is 0 Å². The molecule has 0 amide bonds. The number of rotatable bonds is 3. The zero-order chi connectivity index (χ0) is 13.3. The van der Waals surface area contributed by atoms with E-state index in [-0.39, 0.29) is 17.5 Å². The second kappa shape index (κ2) is 5.27. The highest BCUT2D eigenvalue weighted by Gasteiger charge is 2.30. The Morgan fingerprint density at radius 2 is 2.17 bits per heavy atom. The van der Waals surface area contributed by atoms with Crippen molar-refractivity contribution in [2.45, 2.75) is 18.3 Å². The molecule has 1 aromatic carbocycles. The lowest BCUT2D eigenvalue weighted by Gasteiger charge is -2.26. The number of alkyl halides is 1. The molecule has 1 unspecified atom stereocenters. The topological polar surface area (TPSA) is 37.4 Å². The third kappa shape index (κ3) is 2.92. The average Bonchev–Trinajstić information content (AvgIpc) is 2.68. The minimum atomic E-state index is -2.87. The van der Waals surface area contributed by atoms with Gasteiger partial charge in [0.1, 0.15) is 0 Å². The normalized spacial score (nSPS) is 22.1. The lowest BCUT2D eigenvalue weighted by atomic mass is 10.1. The summed E-state index contributed by atoms with van der Waals surface area (Å²) in [4.78, 5) is 1.98. The van der Waals surface area contributed by atoms with Gasteiger partial charge in [-0.15, -0.1) is 11.6 Å². The SMILES string of the molecule is CN(c1ccc(CCl)c(Cl)c1)C1CCS(=O)(=O)C1. The van der Waals surface area contributed by atoms with E-state index in [0.29, 0.717) is 17.3 Å². The van der Waals surface area contributed by atoms with Gasteiger partial charge in [-0.25, -0.2) is 8.42 Å². The van der Waals surface area contributed by atoms with Crippen LogP contribution in [0.25, 0.3) is 0 Å². The Morgan fingerprint density at radius 1 is 1.44 bits per heavy atom. The molecule has 0 spiro atoms. The lowest BCUT2D eigenvalue weighted by Crippen LogP contribution is -2.32. The summed E-state index contributed by atoms with van der Waals surface area (Å²) in [5.41, 5.74) is 1.81. The predicted molar refractivity (Wildman–Crippen MR) is 76.5 cm³/mol. The van der Waals surface area contributed by atoms with Gasteiger partial charge in [0, 0.05) is 29.7 Å². The van der Waals surface area contributed by atoms with Crippen LogP contribution in [0.3, 0.4) is 0 Å². The van der Waals surface area contributed by atoms with Crippen molar-refractivity contribution in [3.05, 3.63) is 28.8 Å². The zero-order valence-corrected chi connectivity index (χ0v) is 12.4. The maximum Gasteiger partial charge on any atom is 0.152 e. The van der Waals surface area contributed by atoms with Gasteiger partial charge in [0.25, 0.3) is 0 Å². The van der Waals surface area contributed by atoms with Gasteiger partial charge < -0.3 is 4.90 Å². The molecule has 18 heavy (non-hydrogen) atoms. The first-order chi connectivity index (χ1) is 8.43. The first kappa shape index (κ1) is 14.0. The summed E-state index contributed by atoms with van der Waals surface area (Å²) >= 11 is 11.9. The van der Waals surface area contributed by atoms with Gasteiger partial charge in [-0.2, -0.15) is 0 Å². The maximum atomic E-state index is 11.5. The van der Waals surface area contributed by atoms with E-state index in [1.165, 1.54) is 0 Å². The van der Waals surface area contributed by atoms with E-state index in [4.69, 9.17) is 23.2 Å². The van der Waals surface area contributed by atoms with Crippen molar-refractivity contribution in [1.82, 2.24) is 0 Å². The third-order valence-electron chi connectivity index (χ3n) is 3.34. The highest BCUT2D eigenvalue weighted by Crippen LogP contribution is 2.28. The lowest BCUT2D eigenvalue weighted by molar-refractivity contribution is 0.601. The number of sulfone groups is 1. The number of anilines is 1. The maximum absolute atomic E-state index is 11.5. The fourth-order valence-corrected chi connectivity index (χ4v) is 4.47. The second-order valence-electron chi connectivity index (χ2n) is 4.58. The standard InChI is InChI=1S/C12H15Cl2NO2S/c1-15(11-4-5-18(16,17)8-11)10-3-2-9(7-13)12(14)6-10/h2-3,6,11H,4-5,7-8H2,1H3. The molecule has 0 bridgehead atoms. The molecular formula is C12H15Cl2NO2S. The minimum Gasteiger partial charge on any atom is -0.371 e. The Bertz CT molecular complexity index is 545. The molecule has 1 saturated heterocycles. The Hall–Kier alpha value is -0.450. The van der Waals surface area contributed by atoms with Gasteiger partial charge >= 0.3 is 0 Å². The van der Waals surface area contributed by atoms with E-state index in [9.17, 15) is 8.42 Å². The molecule has 0 N–H and O–H groups in total. The van der Waals surface area contributed by atoms with Crippen LogP contribution in [0.4, 0.5) is 5.69 Å². The van der Waals surface area contributed by atoms with Crippen molar-refractivity contribution in [3.63, 3.8) is 0 Å². The number of hydrogen-bond acceptors (Lipinski definition) is 3. The van der Waals surface area contributed by atoms with Crippen LogP contribution in [0.1, 0.15) is 12.0 Å². The molecule has 0 saturated carbocycles. The summed E-state index contributed by atoms with van der Waals surface area (Å²) in [6.07, 6.45) is 0.674. The van der Waals surface area contributed by atoms with E-state index < -0.39 is 9.84 Å². The van der Waals surface area contributed by atoms with Gasteiger partial charge in [-0.3, -0.25) is 0 Å².